The fourth-order valence-corrected chi connectivity index (χ4v) is 5.42. The van der Waals surface area contributed by atoms with Crippen molar-refractivity contribution in [1.82, 2.24) is 5.32 Å². The average Bonchev–Trinajstić information content (AvgIpc) is 2.45. The van der Waals surface area contributed by atoms with E-state index in [0.29, 0.717) is 6.54 Å². The van der Waals surface area contributed by atoms with Crippen LogP contribution < -0.4 is 10.1 Å². The first-order chi connectivity index (χ1) is 10.2. The maximum atomic E-state index is 14.0. The van der Waals surface area contributed by atoms with Gasteiger partial charge in [0.15, 0.2) is 0 Å². The van der Waals surface area contributed by atoms with Crippen molar-refractivity contribution >= 4 is 0 Å². The van der Waals surface area contributed by atoms with Gasteiger partial charge in [0.2, 0.25) is 0 Å². The minimum absolute atomic E-state index is 0.131. The van der Waals surface area contributed by atoms with E-state index in [9.17, 15) is 4.39 Å². The van der Waals surface area contributed by atoms with E-state index in [2.05, 4.69) is 5.32 Å². The Morgan fingerprint density at radius 2 is 1.76 bits per heavy atom. The molecule has 4 saturated carbocycles. The molecular formula is C18H24FNO. The minimum Gasteiger partial charge on any atom is -0.497 e. The zero-order valence-corrected chi connectivity index (χ0v) is 12.7. The molecule has 0 aromatic heterocycles. The highest BCUT2D eigenvalue weighted by atomic mass is 19.1. The molecule has 0 unspecified atom stereocenters. The fourth-order valence-electron chi connectivity index (χ4n) is 5.42. The molecular weight excluding hydrogens is 265 g/mol. The van der Waals surface area contributed by atoms with Crippen LogP contribution in [0.5, 0.6) is 5.75 Å². The Morgan fingerprint density at radius 1 is 1.14 bits per heavy atom. The van der Waals surface area contributed by atoms with Crippen LogP contribution in [0.2, 0.25) is 0 Å². The van der Waals surface area contributed by atoms with Crippen LogP contribution in [0, 0.1) is 23.6 Å². The first kappa shape index (κ1) is 13.6. The largest absolute Gasteiger partial charge is 0.497 e. The second-order valence-electron chi connectivity index (χ2n) is 7.51. The Balaban J connectivity index is 1.49. The van der Waals surface area contributed by atoms with Gasteiger partial charge in [-0.3, -0.25) is 0 Å². The van der Waals surface area contributed by atoms with Crippen molar-refractivity contribution in [3.8, 4) is 5.75 Å². The zero-order valence-electron chi connectivity index (χ0n) is 12.7. The van der Waals surface area contributed by atoms with Crippen LogP contribution in [-0.2, 0) is 6.54 Å². The Bertz CT molecular complexity index is 507. The summed E-state index contributed by atoms with van der Waals surface area (Å²) in [7, 11) is 1.63. The number of nitrogens with one attached hydrogen (secondary N) is 1. The summed E-state index contributed by atoms with van der Waals surface area (Å²) >= 11 is 0. The fraction of sp³-hybridized carbons (Fsp3) is 0.667. The first-order valence-electron chi connectivity index (χ1n) is 8.23. The van der Waals surface area contributed by atoms with E-state index in [4.69, 9.17) is 4.74 Å². The van der Waals surface area contributed by atoms with Crippen LogP contribution in [0.1, 0.15) is 44.1 Å². The number of ether oxygens (including phenoxy) is 1. The van der Waals surface area contributed by atoms with Crippen molar-refractivity contribution in [3.05, 3.63) is 29.6 Å². The van der Waals surface area contributed by atoms with Crippen molar-refractivity contribution in [2.75, 3.05) is 7.11 Å². The summed E-state index contributed by atoms with van der Waals surface area (Å²) in [6.45, 7) is 0.620. The molecule has 21 heavy (non-hydrogen) atoms. The second-order valence-corrected chi connectivity index (χ2v) is 7.51. The molecule has 114 valence electrons. The van der Waals surface area contributed by atoms with Gasteiger partial charge < -0.3 is 10.1 Å². The molecule has 0 saturated heterocycles. The summed E-state index contributed by atoms with van der Waals surface area (Å²) in [5, 5.41) is 3.74. The lowest BCUT2D eigenvalue weighted by atomic mass is 9.53. The van der Waals surface area contributed by atoms with Crippen molar-refractivity contribution in [3.63, 3.8) is 0 Å². The second kappa shape index (κ2) is 4.98. The van der Waals surface area contributed by atoms with Gasteiger partial charge in [-0.25, -0.2) is 4.39 Å². The molecule has 4 fully saturated rings. The van der Waals surface area contributed by atoms with Gasteiger partial charge in [-0.2, -0.15) is 0 Å². The van der Waals surface area contributed by atoms with Gasteiger partial charge >= 0.3 is 0 Å². The molecule has 1 aromatic rings. The summed E-state index contributed by atoms with van der Waals surface area (Å²) in [4.78, 5) is 0. The van der Waals surface area contributed by atoms with Crippen LogP contribution >= 0.6 is 0 Å². The Kier molecular flexibility index (Phi) is 3.21. The molecule has 0 aliphatic heterocycles. The Hall–Kier alpha value is -1.09. The highest BCUT2D eigenvalue weighted by Gasteiger charge is 2.50. The van der Waals surface area contributed by atoms with Crippen molar-refractivity contribution in [2.24, 2.45) is 17.8 Å². The van der Waals surface area contributed by atoms with E-state index in [1.165, 1.54) is 44.6 Å². The molecule has 1 aromatic carbocycles. The summed E-state index contributed by atoms with van der Waals surface area (Å²) in [6.07, 6.45) is 8.21. The van der Waals surface area contributed by atoms with E-state index in [-0.39, 0.29) is 11.4 Å². The third-order valence-electron chi connectivity index (χ3n) is 5.94. The van der Waals surface area contributed by atoms with Gasteiger partial charge in [-0.1, -0.05) is 0 Å². The lowest BCUT2D eigenvalue weighted by Gasteiger charge is -2.57. The summed E-state index contributed by atoms with van der Waals surface area (Å²) < 4.78 is 19.2. The van der Waals surface area contributed by atoms with Gasteiger partial charge in [0.25, 0.3) is 0 Å². The van der Waals surface area contributed by atoms with Gasteiger partial charge in [0, 0.05) is 17.6 Å². The molecule has 4 aliphatic rings. The molecule has 3 heteroatoms. The summed E-state index contributed by atoms with van der Waals surface area (Å²) in [5.74, 6) is 3.35. The predicted octanol–water partition coefficient (Wildman–Crippen LogP) is 3.89. The van der Waals surface area contributed by atoms with Gasteiger partial charge in [-0.05, 0) is 74.5 Å². The number of hydrogen-bond donors (Lipinski definition) is 1. The van der Waals surface area contributed by atoms with Gasteiger partial charge in [0.05, 0.1) is 7.11 Å². The van der Waals surface area contributed by atoms with Crippen LogP contribution in [-0.4, -0.2) is 12.6 Å². The van der Waals surface area contributed by atoms with Crippen LogP contribution in [0.3, 0.4) is 0 Å². The lowest BCUT2D eigenvalue weighted by molar-refractivity contribution is -0.0207. The average molecular weight is 289 g/mol. The van der Waals surface area contributed by atoms with Gasteiger partial charge in [-0.15, -0.1) is 0 Å². The standard InChI is InChI=1S/C18H24FNO/c1-21-16-2-3-17(19)15(7-16)11-20-18-8-12-4-13(9-18)6-14(5-12)10-18/h2-3,7,12-14,20H,4-6,8-11H2,1H3. The lowest BCUT2D eigenvalue weighted by Crippen LogP contribution is -2.58. The highest BCUT2D eigenvalue weighted by Crippen LogP contribution is 2.55. The van der Waals surface area contributed by atoms with E-state index in [1.807, 2.05) is 6.07 Å². The van der Waals surface area contributed by atoms with E-state index < -0.39 is 0 Å². The zero-order chi connectivity index (χ0) is 14.4. The number of benzene rings is 1. The molecule has 0 heterocycles. The third-order valence-corrected chi connectivity index (χ3v) is 5.94. The normalized spacial score (nSPS) is 37.0. The SMILES string of the molecule is COc1ccc(F)c(CNC23CC4CC(CC(C4)C2)C3)c1. The molecule has 4 bridgehead atoms. The van der Waals surface area contributed by atoms with Crippen LogP contribution in [0.25, 0.3) is 0 Å². The number of halogens is 1. The van der Waals surface area contributed by atoms with Crippen LogP contribution in [0.15, 0.2) is 18.2 Å². The topological polar surface area (TPSA) is 21.3 Å². The van der Waals surface area contributed by atoms with E-state index in [0.717, 1.165) is 29.1 Å². The molecule has 1 N–H and O–H groups in total. The maximum Gasteiger partial charge on any atom is 0.127 e. The van der Waals surface area contributed by atoms with Crippen molar-refractivity contribution < 1.29 is 9.13 Å². The molecule has 5 rings (SSSR count). The monoisotopic (exact) mass is 289 g/mol. The number of hydrogen-bond acceptors (Lipinski definition) is 2. The van der Waals surface area contributed by atoms with E-state index >= 15 is 0 Å². The smallest absolute Gasteiger partial charge is 0.127 e. The molecule has 0 amide bonds. The van der Waals surface area contributed by atoms with E-state index in [1.54, 1.807) is 13.2 Å². The third kappa shape index (κ3) is 2.46. The molecule has 0 spiro atoms. The van der Waals surface area contributed by atoms with Gasteiger partial charge in [0.1, 0.15) is 11.6 Å². The molecule has 2 nitrogen and oxygen atoms in total. The van der Waals surface area contributed by atoms with Crippen LogP contribution in [0.4, 0.5) is 4.39 Å². The predicted molar refractivity (Wildman–Crippen MR) is 80.7 cm³/mol. The highest BCUT2D eigenvalue weighted by molar-refractivity contribution is 5.30. The first-order valence-corrected chi connectivity index (χ1v) is 8.23. The van der Waals surface area contributed by atoms with Crippen molar-refractivity contribution in [2.45, 2.75) is 50.6 Å². The molecule has 4 aliphatic carbocycles. The molecule has 0 atom stereocenters. The number of rotatable bonds is 4. The maximum absolute atomic E-state index is 14.0. The summed E-state index contributed by atoms with van der Waals surface area (Å²) in [6, 6.07) is 5.02. The quantitative estimate of drug-likeness (QED) is 0.908. The van der Waals surface area contributed by atoms with Crippen molar-refractivity contribution in [1.29, 1.82) is 0 Å². The Labute approximate surface area is 126 Å². The molecule has 0 radical (unpaired) electrons. The summed E-state index contributed by atoms with van der Waals surface area (Å²) in [5.41, 5.74) is 1.01. The number of methoxy groups -OCH3 is 1. The Morgan fingerprint density at radius 3 is 2.33 bits per heavy atom. The minimum atomic E-state index is -0.131.